The molecule has 0 saturated heterocycles. The second-order valence-corrected chi connectivity index (χ2v) is 10.3. The molecule has 1 saturated carbocycles. The molecule has 1 aliphatic rings. The first kappa shape index (κ1) is 25.3. The third-order valence-corrected chi connectivity index (χ3v) is 8.20. The summed E-state index contributed by atoms with van der Waals surface area (Å²) in [6, 6.07) is 0. The van der Waals surface area contributed by atoms with E-state index in [1.807, 2.05) is 18.2 Å². The Morgan fingerprint density at radius 2 is 1.97 bits per heavy atom. The number of aliphatic hydroxyl groups excluding tert-OH is 3. The summed E-state index contributed by atoms with van der Waals surface area (Å²) in [5.74, 6) is -1.09. The van der Waals surface area contributed by atoms with E-state index in [0.717, 1.165) is 10.9 Å². The third kappa shape index (κ3) is 7.31. The van der Waals surface area contributed by atoms with Crippen molar-refractivity contribution in [3.8, 4) is 0 Å². The number of allylic oxidation sites excluding steroid dienone is 2. The van der Waals surface area contributed by atoms with Gasteiger partial charge in [-0.2, -0.15) is 0 Å². The molecule has 1 aliphatic carbocycles. The number of carbonyl (C=O) groups is 1. The first-order valence-corrected chi connectivity index (χ1v) is 12.1. The van der Waals surface area contributed by atoms with Gasteiger partial charge in [-0.1, -0.05) is 24.3 Å². The van der Waals surface area contributed by atoms with Crippen LogP contribution in [0.1, 0.15) is 53.8 Å². The van der Waals surface area contributed by atoms with Crippen LogP contribution in [0.15, 0.2) is 28.8 Å². The maximum Gasteiger partial charge on any atom is 0.303 e. The molecule has 5 nitrogen and oxygen atoms in total. The highest BCUT2D eigenvalue weighted by atomic mass is 79.9. The topological polar surface area (TPSA) is 98.0 Å². The molecular weight excluding hydrogens is 468 g/mol. The molecule has 1 fully saturated rings. The fourth-order valence-corrected chi connectivity index (χ4v) is 5.95. The molecule has 0 spiro atoms. The molecular formula is C23H33BrO5S. The Labute approximate surface area is 191 Å². The van der Waals surface area contributed by atoms with Crippen molar-refractivity contribution >= 4 is 33.2 Å². The van der Waals surface area contributed by atoms with Gasteiger partial charge in [-0.3, -0.25) is 4.79 Å². The second-order valence-electron chi connectivity index (χ2n) is 8.10. The van der Waals surface area contributed by atoms with Gasteiger partial charge in [0.25, 0.3) is 0 Å². The lowest BCUT2D eigenvalue weighted by Gasteiger charge is -2.19. The van der Waals surface area contributed by atoms with Crippen LogP contribution >= 0.6 is 27.3 Å². The molecule has 0 unspecified atom stereocenters. The monoisotopic (exact) mass is 500 g/mol. The number of aliphatic hydroxyl groups is 3. The SMILES string of the molecule is Cc1sc(C)c(CC[C@H](O)/C=C/[C@@H]2[C@@H](C/C=C/CCCC(=O)O)[C@@H](O)C[C@H]2O)c1Br. The van der Waals surface area contributed by atoms with Crippen LogP contribution in [0.4, 0.5) is 0 Å². The zero-order valence-corrected chi connectivity index (χ0v) is 20.0. The van der Waals surface area contributed by atoms with E-state index < -0.39 is 24.3 Å². The number of aryl methyl sites for hydroxylation is 2. The second kappa shape index (κ2) is 12.2. The van der Waals surface area contributed by atoms with Crippen molar-refractivity contribution in [2.24, 2.45) is 11.8 Å². The summed E-state index contributed by atoms with van der Waals surface area (Å²) < 4.78 is 1.13. The molecule has 168 valence electrons. The summed E-state index contributed by atoms with van der Waals surface area (Å²) in [7, 11) is 0. The van der Waals surface area contributed by atoms with E-state index in [9.17, 15) is 20.1 Å². The summed E-state index contributed by atoms with van der Waals surface area (Å²) >= 11 is 5.38. The maximum atomic E-state index is 10.5. The molecule has 4 N–H and O–H groups in total. The van der Waals surface area contributed by atoms with E-state index in [-0.39, 0.29) is 18.3 Å². The molecule has 0 radical (unpaired) electrons. The van der Waals surface area contributed by atoms with Gasteiger partial charge in [0.2, 0.25) is 0 Å². The number of hydrogen-bond donors (Lipinski definition) is 4. The van der Waals surface area contributed by atoms with Crippen LogP contribution in [0.25, 0.3) is 0 Å². The Balaban J connectivity index is 1.87. The van der Waals surface area contributed by atoms with Crippen molar-refractivity contribution in [1.29, 1.82) is 0 Å². The van der Waals surface area contributed by atoms with Gasteiger partial charge in [0.1, 0.15) is 0 Å². The molecule has 30 heavy (non-hydrogen) atoms. The van der Waals surface area contributed by atoms with Crippen molar-refractivity contribution in [2.45, 2.75) is 77.1 Å². The van der Waals surface area contributed by atoms with Crippen LogP contribution < -0.4 is 0 Å². The summed E-state index contributed by atoms with van der Waals surface area (Å²) in [5, 5.41) is 39.7. The number of thiophene rings is 1. The number of carboxylic acids is 1. The molecule has 0 bridgehead atoms. The summed E-state index contributed by atoms with van der Waals surface area (Å²) in [6.45, 7) is 4.17. The molecule has 0 aliphatic heterocycles. The Morgan fingerprint density at radius 3 is 2.60 bits per heavy atom. The van der Waals surface area contributed by atoms with E-state index in [2.05, 4.69) is 29.8 Å². The highest BCUT2D eigenvalue weighted by Crippen LogP contribution is 2.37. The van der Waals surface area contributed by atoms with Crippen LogP contribution in [-0.2, 0) is 11.2 Å². The Kier molecular flexibility index (Phi) is 10.2. The molecule has 5 atom stereocenters. The number of hydrogen-bond acceptors (Lipinski definition) is 5. The zero-order chi connectivity index (χ0) is 22.3. The van der Waals surface area contributed by atoms with Gasteiger partial charge in [-0.25, -0.2) is 0 Å². The number of rotatable bonds is 11. The van der Waals surface area contributed by atoms with E-state index in [1.54, 1.807) is 17.4 Å². The largest absolute Gasteiger partial charge is 0.481 e. The van der Waals surface area contributed by atoms with Crippen molar-refractivity contribution < 1.29 is 25.2 Å². The van der Waals surface area contributed by atoms with Gasteiger partial charge >= 0.3 is 5.97 Å². The maximum absolute atomic E-state index is 10.5. The van der Waals surface area contributed by atoms with Crippen LogP contribution in [0.3, 0.4) is 0 Å². The van der Waals surface area contributed by atoms with E-state index in [0.29, 0.717) is 32.1 Å². The summed E-state index contributed by atoms with van der Waals surface area (Å²) in [4.78, 5) is 13.0. The normalized spacial score (nSPS) is 25.5. The van der Waals surface area contributed by atoms with E-state index in [1.165, 1.54) is 15.3 Å². The zero-order valence-electron chi connectivity index (χ0n) is 17.6. The van der Waals surface area contributed by atoms with Crippen LogP contribution in [0.5, 0.6) is 0 Å². The van der Waals surface area contributed by atoms with E-state index in [4.69, 9.17) is 5.11 Å². The fourth-order valence-electron chi connectivity index (χ4n) is 4.08. The van der Waals surface area contributed by atoms with Gasteiger partial charge in [-0.15, -0.1) is 11.3 Å². The van der Waals surface area contributed by atoms with Gasteiger partial charge < -0.3 is 20.4 Å². The van der Waals surface area contributed by atoms with Gasteiger partial charge in [0, 0.05) is 33.0 Å². The number of carboxylic acid groups (broad SMARTS) is 1. The van der Waals surface area contributed by atoms with Gasteiger partial charge in [0.15, 0.2) is 0 Å². The fraction of sp³-hybridized carbons (Fsp3) is 0.609. The first-order valence-electron chi connectivity index (χ1n) is 10.5. The Morgan fingerprint density at radius 1 is 1.23 bits per heavy atom. The number of aliphatic carboxylic acids is 1. The minimum absolute atomic E-state index is 0.102. The minimum atomic E-state index is -0.793. The predicted octanol–water partition coefficient (Wildman–Crippen LogP) is 4.54. The van der Waals surface area contributed by atoms with Gasteiger partial charge in [0.05, 0.1) is 18.3 Å². The van der Waals surface area contributed by atoms with Crippen molar-refractivity contribution in [2.75, 3.05) is 0 Å². The lowest BCUT2D eigenvalue weighted by Crippen LogP contribution is -2.20. The third-order valence-electron chi connectivity index (χ3n) is 5.80. The molecule has 1 aromatic rings. The quantitative estimate of drug-likeness (QED) is 0.264. The van der Waals surface area contributed by atoms with Crippen LogP contribution in [0.2, 0.25) is 0 Å². The molecule has 2 rings (SSSR count). The first-order chi connectivity index (χ1) is 14.2. The van der Waals surface area contributed by atoms with E-state index >= 15 is 0 Å². The minimum Gasteiger partial charge on any atom is -0.481 e. The lowest BCUT2D eigenvalue weighted by molar-refractivity contribution is -0.137. The molecule has 1 heterocycles. The molecule has 1 aromatic heterocycles. The Hall–Kier alpha value is -0.990. The van der Waals surface area contributed by atoms with Crippen LogP contribution in [0, 0.1) is 25.7 Å². The van der Waals surface area contributed by atoms with Crippen molar-refractivity contribution in [3.05, 3.63) is 44.1 Å². The summed E-state index contributed by atoms with van der Waals surface area (Å²) in [6.07, 6.45) is 9.48. The van der Waals surface area contributed by atoms with Crippen molar-refractivity contribution in [3.63, 3.8) is 0 Å². The average Bonchev–Trinajstić information content (AvgIpc) is 3.08. The Bertz CT molecular complexity index is 757. The average molecular weight is 501 g/mol. The summed E-state index contributed by atoms with van der Waals surface area (Å²) in [5.41, 5.74) is 1.24. The number of halogens is 1. The van der Waals surface area contributed by atoms with Crippen molar-refractivity contribution in [1.82, 2.24) is 0 Å². The standard InChI is InChI=1S/C23H33BrO5S/c1-14-17(23(24)15(2)30-14)11-9-16(25)10-12-19-18(20(26)13-21(19)27)7-5-3-4-6-8-22(28)29/h3,5,10,12,16,18-21,25-27H,4,6-9,11,13H2,1-2H3,(H,28,29)/b5-3+,12-10+/t16-,18+,19+,20-,21+/m0/s1. The highest BCUT2D eigenvalue weighted by Gasteiger charge is 2.39. The highest BCUT2D eigenvalue weighted by molar-refractivity contribution is 9.10. The molecule has 0 amide bonds. The number of unbranched alkanes of at least 4 members (excludes halogenated alkanes) is 1. The van der Waals surface area contributed by atoms with Gasteiger partial charge in [-0.05, 0) is 73.4 Å². The smallest absolute Gasteiger partial charge is 0.303 e. The van der Waals surface area contributed by atoms with Crippen LogP contribution in [-0.4, -0.2) is 44.7 Å². The predicted molar refractivity (Wildman–Crippen MR) is 124 cm³/mol. The lowest BCUT2D eigenvalue weighted by atomic mass is 9.89. The molecule has 0 aromatic carbocycles. The molecule has 7 heteroatoms.